The highest BCUT2D eigenvalue weighted by atomic mass is 16.3. The van der Waals surface area contributed by atoms with Crippen LogP contribution in [0.4, 0.5) is 0 Å². The summed E-state index contributed by atoms with van der Waals surface area (Å²) in [6, 6.07) is 4.23. The van der Waals surface area contributed by atoms with Crippen LogP contribution in [0.2, 0.25) is 0 Å². The summed E-state index contributed by atoms with van der Waals surface area (Å²) in [7, 11) is 0. The number of benzene rings is 2. The predicted molar refractivity (Wildman–Crippen MR) is 71.8 cm³/mol. The van der Waals surface area contributed by atoms with Crippen LogP contribution >= 0.6 is 0 Å². The highest BCUT2D eigenvalue weighted by Crippen LogP contribution is 2.35. The molecular weight excluding hydrogens is 264 g/mol. The van der Waals surface area contributed by atoms with Crippen LogP contribution in [0, 0.1) is 0 Å². The lowest BCUT2D eigenvalue weighted by Gasteiger charge is -2.04. The van der Waals surface area contributed by atoms with Gasteiger partial charge in [0.25, 0.3) is 0 Å². The molecule has 6 nitrogen and oxygen atoms in total. The number of rotatable bonds is 2. The van der Waals surface area contributed by atoms with Crippen LogP contribution in [-0.2, 0) is 0 Å². The molecule has 0 aromatic heterocycles. The zero-order valence-electron chi connectivity index (χ0n) is 10.1. The van der Waals surface area contributed by atoms with E-state index in [0.29, 0.717) is 0 Å². The Kier molecular flexibility index (Phi) is 3.30. The van der Waals surface area contributed by atoms with Crippen molar-refractivity contribution in [3.8, 4) is 34.5 Å². The molecule has 104 valence electrons. The zero-order chi connectivity index (χ0) is 14.9. The Morgan fingerprint density at radius 2 is 0.750 bits per heavy atom. The second-order valence-electron chi connectivity index (χ2n) is 4.13. The molecule has 0 aliphatic rings. The smallest absolute Gasteiger partial charge is 0.161 e. The molecule has 20 heavy (non-hydrogen) atoms. The second-order valence-corrected chi connectivity index (χ2v) is 4.13. The van der Waals surface area contributed by atoms with Crippen LogP contribution in [0.3, 0.4) is 0 Å². The zero-order valence-corrected chi connectivity index (χ0v) is 10.1. The van der Waals surface area contributed by atoms with Gasteiger partial charge in [-0.1, -0.05) is 12.2 Å². The summed E-state index contributed by atoms with van der Waals surface area (Å²) in [5.41, 5.74) is 0.402. The van der Waals surface area contributed by atoms with Crippen molar-refractivity contribution in [2.24, 2.45) is 0 Å². The van der Waals surface area contributed by atoms with Gasteiger partial charge in [0.05, 0.1) is 0 Å². The number of hydrogen-bond acceptors (Lipinski definition) is 6. The van der Waals surface area contributed by atoms with Crippen LogP contribution in [-0.4, -0.2) is 30.6 Å². The Morgan fingerprint density at radius 3 is 1.10 bits per heavy atom. The van der Waals surface area contributed by atoms with Gasteiger partial charge in [-0.3, -0.25) is 0 Å². The van der Waals surface area contributed by atoms with Crippen molar-refractivity contribution < 1.29 is 30.6 Å². The van der Waals surface area contributed by atoms with Crippen molar-refractivity contribution in [1.82, 2.24) is 0 Å². The number of phenolic OH excluding ortho intramolecular Hbond substituents is 6. The maximum atomic E-state index is 9.59. The van der Waals surface area contributed by atoms with Crippen molar-refractivity contribution in [3.05, 3.63) is 35.4 Å². The van der Waals surface area contributed by atoms with E-state index in [1.54, 1.807) is 0 Å². The van der Waals surface area contributed by atoms with Crippen molar-refractivity contribution >= 4 is 12.2 Å². The summed E-state index contributed by atoms with van der Waals surface area (Å²) in [5.74, 6) is -2.24. The summed E-state index contributed by atoms with van der Waals surface area (Å²) < 4.78 is 0. The van der Waals surface area contributed by atoms with Crippen LogP contribution < -0.4 is 0 Å². The van der Waals surface area contributed by atoms with E-state index in [-0.39, 0.29) is 22.6 Å². The van der Waals surface area contributed by atoms with Crippen molar-refractivity contribution in [1.29, 1.82) is 0 Å². The Labute approximate surface area is 113 Å². The van der Waals surface area contributed by atoms with Gasteiger partial charge in [0.2, 0.25) is 0 Å². The van der Waals surface area contributed by atoms with Crippen LogP contribution in [0.15, 0.2) is 24.3 Å². The minimum Gasteiger partial charge on any atom is -0.507 e. The Bertz CT molecular complexity index is 631. The maximum Gasteiger partial charge on any atom is 0.161 e. The molecule has 0 bridgehead atoms. The third-order valence-electron chi connectivity index (χ3n) is 2.69. The summed E-state index contributed by atoms with van der Waals surface area (Å²) in [5, 5.41) is 56.2. The molecule has 6 N–H and O–H groups in total. The first-order valence-electron chi connectivity index (χ1n) is 5.56. The van der Waals surface area contributed by atoms with Gasteiger partial charge < -0.3 is 30.6 Å². The molecule has 0 unspecified atom stereocenters. The Morgan fingerprint density at radius 1 is 0.450 bits per heavy atom. The lowest BCUT2D eigenvalue weighted by atomic mass is 10.1. The first-order chi connectivity index (χ1) is 9.38. The fourth-order valence-electron chi connectivity index (χ4n) is 1.61. The summed E-state index contributed by atoms with van der Waals surface area (Å²) in [6.45, 7) is 0. The standard InChI is InChI=1S/C14H12O6/c15-9-5-13(19)11(17)3-7(9)1-2-8-4-12(18)14(20)6-10(8)16/h1-6,15-20H. The van der Waals surface area contributed by atoms with Gasteiger partial charge in [0.15, 0.2) is 23.0 Å². The summed E-state index contributed by atoms with van der Waals surface area (Å²) in [4.78, 5) is 0. The topological polar surface area (TPSA) is 121 Å². The van der Waals surface area contributed by atoms with E-state index in [2.05, 4.69) is 0 Å². The summed E-state index contributed by atoms with van der Waals surface area (Å²) >= 11 is 0. The first kappa shape index (κ1) is 13.4. The third-order valence-corrected chi connectivity index (χ3v) is 2.69. The Hall–Kier alpha value is -3.02. The highest BCUT2D eigenvalue weighted by molar-refractivity contribution is 5.77. The monoisotopic (exact) mass is 276 g/mol. The van der Waals surface area contributed by atoms with Crippen molar-refractivity contribution in [2.75, 3.05) is 0 Å². The lowest BCUT2D eigenvalue weighted by molar-refractivity contribution is 0.396. The number of phenols is 6. The van der Waals surface area contributed by atoms with E-state index >= 15 is 0 Å². The molecule has 2 rings (SSSR count). The fraction of sp³-hybridized carbons (Fsp3) is 0. The molecule has 0 fully saturated rings. The minimum absolute atomic E-state index is 0.201. The molecule has 0 amide bonds. The van der Waals surface area contributed by atoms with E-state index in [0.717, 1.165) is 24.3 Å². The average Bonchev–Trinajstić information content (AvgIpc) is 2.37. The van der Waals surface area contributed by atoms with Crippen molar-refractivity contribution in [3.63, 3.8) is 0 Å². The molecule has 0 saturated heterocycles. The molecular formula is C14H12O6. The van der Waals surface area contributed by atoms with E-state index in [9.17, 15) is 30.6 Å². The molecule has 0 radical (unpaired) electrons. The maximum absolute atomic E-state index is 9.59. The van der Waals surface area contributed by atoms with Gasteiger partial charge in [-0.05, 0) is 12.1 Å². The van der Waals surface area contributed by atoms with Gasteiger partial charge in [0, 0.05) is 23.3 Å². The molecule has 0 heterocycles. The lowest BCUT2D eigenvalue weighted by Crippen LogP contribution is -1.79. The molecule has 6 heteroatoms. The summed E-state index contributed by atoms with van der Waals surface area (Å²) in [6.07, 6.45) is 2.72. The highest BCUT2D eigenvalue weighted by Gasteiger charge is 2.07. The quantitative estimate of drug-likeness (QED) is 0.284. The molecule has 0 aliphatic heterocycles. The van der Waals surface area contributed by atoms with E-state index < -0.39 is 23.0 Å². The van der Waals surface area contributed by atoms with Crippen molar-refractivity contribution in [2.45, 2.75) is 0 Å². The van der Waals surface area contributed by atoms with Gasteiger partial charge in [-0.15, -0.1) is 0 Å². The van der Waals surface area contributed by atoms with Gasteiger partial charge in [-0.25, -0.2) is 0 Å². The Balaban J connectivity index is 2.39. The van der Waals surface area contributed by atoms with E-state index in [4.69, 9.17) is 0 Å². The molecule has 2 aromatic carbocycles. The largest absolute Gasteiger partial charge is 0.507 e. The predicted octanol–water partition coefficient (Wildman–Crippen LogP) is 2.09. The molecule has 0 saturated carbocycles. The first-order valence-corrected chi connectivity index (χ1v) is 5.56. The SMILES string of the molecule is Oc1cc(O)c(C=Cc2cc(O)c(O)cc2O)cc1O. The molecule has 0 aliphatic carbocycles. The van der Waals surface area contributed by atoms with Gasteiger partial charge in [0.1, 0.15) is 11.5 Å². The van der Waals surface area contributed by atoms with Crippen LogP contribution in [0.1, 0.15) is 11.1 Å². The normalized spacial score (nSPS) is 11.0. The van der Waals surface area contributed by atoms with Crippen LogP contribution in [0.25, 0.3) is 12.2 Å². The average molecular weight is 276 g/mol. The molecule has 2 aromatic rings. The van der Waals surface area contributed by atoms with Gasteiger partial charge >= 0.3 is 0 Å². The van der Waals surface area contributed by atoms with Crippen LogP contribution in [0.5, 0.6) is 34.5 Å². The number of hydrogen-bond donors (Lipinski definition) is 6. The third kappa shape index (κ3) is 2.54. The minimum atomic E-state index is -0.454. The molecule has 0 spiro atoms. The second kappa shape index (κ2) is 4.93. The van der Waals surface area contributed by atoms with E-state index in [1.165, 1.54) is 12.2 Å². The van der Waals surface area contributed by atoms with Gasteiger partial charge in [-0.2, -0.15) is 0 Å². The number of aromatic hydroxyl groups is 6. The van der Waals surface area contributed by atoms with E-state index in [1.807, 2.05) is 0 Å². The molecule has 0 atom stereocenters. The fourth-order valence-corrected chi connectivity index (χ4v) is 1.61.